The highest BCUT2D eigenvalue weighted by Crippen LogP contribution is 2.45. The van der Waals surface area contributed by atoms with Crippen LogP contribution in [-0.4, -0.2) is 228 Å². The molecule has 11 N–H and O–H groups in total. The third-order valence-corrected chi connectivity index (χ3v) is 25.5. The van der Waals surface area contributed by atoms with E-state index in [2.05, 4.69) is 109 Å². The SMILES string of the molecule is CC1(C)C(Nc2cccc(C(F)(F)F)c2)CCC(/C=N/Nc2ncc(F)c(N3CCOCC3)n2)C1O.CC1(C)CC(Nc2cccc(C(F)(F)F)c2)CC(O)C1/C=N/Nc1ncc(F)c(N2CCOCC2)n1.CC1(C)NC(/C=N/Nc2ncc(F)c(N3CCOCC3)n2)CCC1Nc1cccc(C(F)(F)F)c1.Fc1cnc(N/N=C/C2CCC(Nc3cccc(C(F)(F)F)c3)CC2)nc1N1CCOCC1. The Morgan fingerprint density at radius 3 is 1.08 bits per heavy atom. The molecule has 0 amide bonds. The number of nitrogens with one attached hydrogen (secondary N) is 9. The third kappa shape index (κ3) is 29.6. The van der Waals surface area contributed by atoms with Gasteiger partial charge in [-0.3, -0.25) is 0 Å². The minimum absolute atomic E-state index is 0.0729. The molecule has 8 unspecified atom stereocenters. The summed E-state index contributed by atoms with van der Waals surface area (Å²) in [5.74, 6) is -1.01. The fraction of sp³-hybridized carbons (Fsp3) is 0.527. The van der Waals surface area contributed by atoms with E-state index in [1.54, 1.807) is 63.8 Å². The summed E-state index contributed by atoms with van der Waals surface area (Å²) in [4.78, 5) is 39.8. The molecule has 31 nitrogen and oxygen atoms in total. The summed E-state index contributed by atoms with van der Waals surface area (Å²) in [5, 5.41) is 54.9. The Hall–Kier alpha value is -11.9. The standard InChI is InChI=1S/2C24H30F4N6O2.C23H29F4N7O.C22H26F4N6O/c1-23(2)12-17(31-16-5-3-4-15(10-16)24(26,27)28)11-20(35)18(23)13-30-33-22-29-14-19(25)21(32-22)34-6-8-36-9-7-34;1-23(2)19(31-17-5-3-4-16(12-17)24(26,27)28)7-6-15(20(23)35)13-30-33-22-29-14-18(25)21(32-22)34-8-10-36-11-9-34;1-22(2)19(30-16-5-3-4-15(12-16)23(25,26)27)7-6-17(32-22)13-29-33-21-28-14-18(24)20(31-21)34-8-10-35-11-9-34;23-19-14-27-21(30-20(19)32-8-10-33-11-9-32)31-28-13-15-4-6-17(7-5-15)29-18-3-1-2-16(12-18)22(24,25)26/h3-5,10,13-14,17-18,20,31,35H,6-9,11-12H2,1-2H3,(H,29,32,33);3-5,12-15,19-20,31,35H,6-11H2,1-2H3,(H,29,32,33);3-5,12-14,17,19,30,32H,6-11H2,1-2H3,(H,28,31,33);1-3,12-15,17,29H,4-11H2,(H,27,30,31)/b2*30-13+;29-13+;28-13+. The third-order valence-electron chi connectivity index (χ3n) is 25.5. The first-order chi connectivity index (χ1) is 66.6. The minimum Gasteiger partial charge on any atom is -0.392 e. The first-order valence-corrected chi connectivity index (χ1v) is 46.0. The first kappa shape index (κ1) is 105. The van der Waals surface area contributed by atoms with Gasteiger partial charge in [-0.05, 0) is 162 Å². The van der Waals surface area contributed by atoms with Crippen LogP contribution < -0.4 is 67.9 Å². The molecule has 8 fully saturated rings. The highest BCUT2D eigenvalue weighted by molar-refractivity contribution is 5.68. The van der Waals surface area contributed by atoms with Crippen molar-refractivity contribution in [1.29, 1.82) is 0 Å². The molecule has 8 aromatic rings. The average Bonchev–Trinajstić information content (AvgIpc) is 0.775. The fourth-order valence-electron chi connectivity index (χ4n) is 17.8. The molecule has 16 rings (SSSR count). The van der Waals surface area contributed by atoms with E-state index in [0.717, 1.165) is 105 Å². The predicted molar refractivity (Wildman–Crippen MR) is 501 cm³/mol. The number of piperidine rings is 1. The van der Waals surface area contributed by atoms with Gasteiger partial charge in [-0.2, -0.15) is 93.0 Å². The van der Waals surface area contributed by atoms with E-state index in [9.17, 15) is 80.5 Å². The molecule has 3 aliphatic carbocycles. The van der Waals surface area contributed by atoms with Crippen LogP contribution in [0.5, 0.6) is 0 Å². The van der Waals surface area contributed by atoms with E-state index in [-0.39, 0.29) is 95.0 Å². The quantitative estimate of drug-likeness (QED) is 0.0152. The van der Waals surface area contributed by atoms with Crippen molar-refractivity contribution in [3.63, 3.8) is 0 Å². The zero-order valence-electron chi connectivity index (χ0n) is 77.7. The molecule has 9 heterocycles. The normalized spacial score (nSPS) is 23.5. The van der Waals surface area contributed by atoms with Gasteiger partial charge in [-0.1, -0.05) is 52.0 Å². The molecule has 4 aromatic heterocycles. The Kier molecular flexibility index (Phi) is 35.5. The number of halogens is 16. The van der Waals surface area contributed by atoms with Gasteiger partial charge < -0.3 is 75.3 Å². The highest BCUT2D eigenvalue weighted by Gasteiger charge is 2.46. The van der Waals surface area contributed by atoms with Gasteiger partial charge in [-0.15, -0.1) is 0 Å². The lowest BCUT2D eigenvalue weighted by Crippen LogP contribution is -2.60. The summed E-state index contributed by atoms with van der Waals surface area (Å²) >= 11 is 0. The minimum atomic E-state index is -4.43. The second-order valence-corrected chi connectivity index (χ2v) is 36.8. The van der Waals surface area contributed by atoms with Gasteiger partial charge in [0.25, 0.3) is 0 Å². The topological polar surface area (TPSA) is 351 Å². The van der Waals surface area contributed by atoms with Gasteiger partial charge in [0.05, 0.1) is 112 Å². The fourth-order valence-corrected chi connectivity index (χ4v) is 17.8. The van der Waals surface area contributed by atoms with Crippen LogP contribution in [0, 0.1) is 51.9 Å². The van der Waals surface area contributed by atoms with Gasteiger partial charge in [0.1, 0.15) is 0 Å². The molecule has 140 heavy (non-hydrogen) atoms. The van der Waals surface area contributed by atoms with Crippen molar-refractivity contribution in [2.45, 2.75) is 178 Å². The molecule has 3 saturated carbocycles. The number of aromatic nitrogens is 8. The van der Waals surface area contributed by atoms with Crippen molar-refractivity contribution >= 4 is 94.7 Å². The molecule has 5 aliphatic heterocycles. The molecule has 4 aromatic carbocycles. The van der Waals surface area contributed by atoms with Crippen LogP contribution in [0.3, 0.4) is 0 Å². The number of hydrogen-bond acceptors (Lipinski definition) is 31. The Balaban J connectivity index is 0.000000157. The number of aliphatic hydroxyl groups excluding tert-OH is 2. The van der Waals surface area contributed by atoms with E-state index in [0.29, 0.717) is 160 Å². The van der Waals surface area contributed by atoms with Crippen molar-refractivity contribution in [1.82, 2.24) is 45.2 Å². The first-order valence-electron chi connectivity index (χ1n) is 46.0. The molecule has 0 bridgehead atoms. The van der Waals surface area contributed by atoms with E-state index in [4.69, 9.17) is 18.9 Å². The van der Waals surface area contributed by atoms with Crippen LogP contribution in [0.25, 0.3) is 0 Å². The maximum Gasteiger partial charge on any atom is 0.416 e. The number of aliphatic hydroxyl groups is 2. The van der Waals surface area contributed by atoms with Crippen LogP contribution in [0.1, 0.15) is 128 Å². The number of nitrogens with zero attached hydrogens (tertiary/aromatic N) is 16. The average molecular weight is 1980 g/mol. The number of anilines is 12. The van der Waals surface area contributed by atoms with Crippen molar-refractivity contribution in [2.24, 2.45) is 49.0 Å². The lowest BCUT2D eigenvalue weighted by Gasteiger charge is -2.46. The van der Waals surface area contributed by atoms with Gasteiger partial charge in [0.2, 0.25) is 23.8 Å². The van der Waals surface area contributed by atoms with E-state index in [1.165, 1.54) is 24.3 Å². The molecule has 0 spiro atoms. The molecular formula is C93H115F16N25O6. The number of alkyl halides is 12. The molecule has 8 atom stereocenters. The lowest BCUT2D eigenvalue weighted by atomic mass is 9.66. The zero-order valence-corrected chi connectivity index (χ0v) is 77.7. The van der Waals surface area contributed by atoms with E-state index in [1.807, 2.05) is 46.4 Å². The van der Waals surface area contributed by atoms with Crippen molar-refractivity contribution in [3.05, 3.63) is 167 Å². The number of hydrogen-bond donors (Lipinski definition) is 11. The van der Waals surface area contributed by atoms with Crippen molar-refractivity contribution in [3.8, 4) is 0 Å². The van der Waals surface area contributed by atoms with Crippen LogP contribution >= 0.6 is 0 Å². The summed E-state index contributed by atoms with van der Waals surface area (Å²) in [6.07, 6.45) is -1.20. The number of morpholine rings is 4. The van der Waals surface area contributed by atoms with E-state index >= 15 is 0 Å². The zero-order chi connectivity index (χ0) is 100. The smallest absolute Gasteiger partial charge is 0.392 e. The largest absolute Gasteiger partial charge is 0.416 e. The number of hydrazone groups is 4. The molecular weight excluding hydrogens is 1870 g/mol. The Bertz CT molecular complexity index is 5460. The number of ether oxygens (including phenoxy) is 4. The summed E-state index contributed by atoms with van der Waals surface area (Å²) in [6.45, 7) is 20.0. The molecule has 0 radical (unpaired) electrons. The number of rotatable bonds is 24. The summed E-state index contributed by atoms with van der Waals surface area (Å²) in [6, 6.07) is 20.1. The lowest BCUT2D eigenvalue weighted by molar-refractivity contribution is -0.138. The van der Waals surface area contributed by atoms with Crippen LogP contribution in [0.2, 0.25) is 0 Å². The van der Waals surface area contributed by atoms with Gasteiger partial charge in [0, 0.05) is 153 Å². The number of benzene rings is 4. The second-order valence-electron chi connectivity index (χ2n) is 36.8. The Morgan fingerprint density at radius 1 is 0.393 bits per heavy atom. The summed E-state index contributed by atoms with van der Waals surface area (Å²) < 4.78 is 234. The highest BCUT2D eigenvalue weighted by atomic mass is 19.4. The van der Waals surface area contributed by atoms with Crippen LogP contribution in [0.15, 0.2) is 142 Å². The predicted octanol–water partition coefficient (Wildman–Crippen LogP) is 16.7. The maximum atomic E-state index is 14.2. The molecule has 760 valence electrons. The van der Waals surface area contributed by atoms with Gasteiger partial charge in [-0.25, -0.2) is 59.2 Å². The van der Waals surface area contributed by atoms with Crippen molar-refractivity contribution < 1.29 is 99.4 Å². The molecule has 8 aliphatic rings. The molecule has 5 saturated heterocycles. The van der Waals surface area contributed by atoms with Gasteiger partial charge in [0.15, 0.2) is 46.5 Å². The monoisotopic (exact) mass is 1980 g/mol. The van der Waals surface area contributed by atoms with Crippen LogP contribution in [-0.2, 0) is 43.7 Å². The second kappa shape index (κ2) is 47.1. The summed E-state index contributed by atoms with van der Waals surface area (Å²) in [5.41, 5.74) is 8.31. The van der Waals surface area contributed by atoms with Crippen LogP contribution in [0.4, 0.5) is 140 Å². The van der Waals surface area contributed by atoms with Crippen molar-refractivity contribution in [2.75, 3.05) is 168 Å². The summed E-state index contributed by atoms with van der Waals surface area (Å²) in [7, 11) is 0. The molecule has 47 heteroatoms. The Morgan fingerprint density at radius 2 is 0.721 bits per heavy atom. The Labute approximate surface area is 798 Å². The maximum absolute atomic E-state index is 14.2. The van der Waals surface area contributed by atoms with Gasteiger partial charge >= 0.3 is 24.7 Å². The van der Waals surface area contributed by atoms with E-state index < -0.39 is 98.8 Å².